The van der Waals surface area contributed by atoms with Gasteiger partial charge in [0.25, 0.3) is 0 Å². The molecule has 314 valence electrons. The second-order valence-corrected chi connectivity index (χ2v) is 16.0. The maximum absolute atomic E-state index is 13.3. The van der Waals surface area contributed by atoms with Crippen LogP contribution < -0.4 is 0 Å². The number of aliphatic hydroxyl groups excluding tert-OH is 5. The highest BCUT2D eigenvalue weighted by molar-refractivity contribution is 5.99. The molecule has 0 bridgehead atoms. The molecule has 13 heteroatoms. The number of hydrogen-bond donors (Lipinski definition) is 5. The van der Waals surface area contributed by atoms with Crippen LogP contribution in [0.2, 0.25) is 0 Å². The van der Waals surface area contributed by atoms with E-state index in [0.717, 1.165) is 0 Å². The number of ketones is 3. The first-order chi connectivity index (χ1) is 25.7. The first kappa shape index (κ1) is 48.5. The number of methoxy groups -OCH3 is 1. The molecule has 0 amide bonds. The number of hydrogen-bond acceptors (Lipinski definition) is 13. The predicted octanol–water partition coefficient (Wildman–Crippen LogP) is 3.66. The molecule has 0 saturated carbocycles. The summed E-state index contributed by atoms with van der Waals surface area (Å²) in [5.74, 6) is -5.96. The summed E-state index contributed by atoms with van der Waals surface area (Å²) in [6, 6.07) is 0. The Labute approximate surface area is 327 Å². The summed E-state index contributed by atoms with van der Waals surface area (Å²) in [5, 5.41) is 54.3. The lowest BCUT2D eigenvalue weighted by atomic mass is 9.83. The normalized spacial score (nSPS) is 42.0. The largest absolute Gasteiger partial charge is 0.462 e. The standard InChI is InChI=1S/C42H68O13/c1-12-30(43)27(8)40-28(9)33(46)15-13-14-31(44)23(4)19-25(6)39(55-42-38(51)41(52-11)37(50)29(10)53-42)21(2)16-17-32(45)22(3)18-24(5)36(49)26(7)34(47)20-35(48)54-40/h13-14,16-18,21-23,25-30,33-34,37-43,46-47,50-51H,12,15,19-20H2,1-11H3/b14-13+,17-16+,24-18+/t21-,22-,23+,25-,26+,27+,28+,29+,30+,33-,34-,37+,38-,39-,40+,41+,42+/m1/s1. The number of Topliss-reactive ketones (excluding diaryl/α,β-unsaturated/α-hetero) is 1. The van der Waals surface area contributed by atoms with Crippen molar-refractivity contribution >= 4 is 23.3 Å². The second kappa shape index (κ2) is 22.4. The van der Waals surface area contributed by atoms with Gasteiger partial charge < -0.3 is 44.5 Å². The van der Waals surface area contributed by atoms with E-state index in [1.165, 1.54) is 32.3 Å². The number of cyclic esters (lactones) is 1. The lowest BCUT2D eigenvalue weighted by molar-refractivity contribution is -0.313. The van der Waals surface area contributed by atoms with Crippen LogP contribution >= 0.6 is 0 Å². The molecule has 13 nitrogen and oxygen atoms in total. The third-order valence-electron chi connectivity index (χ3n) is 11.5. The van der Waals surface area contributed by atoms with Gasteiger partial charge in [-0.3, -0.25) is 19.2 Å². The fourth-order valence-electron chi connectivity index (χ4n) is 7.46. The maximum atomic E-state index is 13.3. The van der Waals surface area contributed by atoms with Crippen molar-refractivity contribution < 1.29 is 63.7 Å². The first-order valence-corrected chi connectivity index (χ1v) is 19.7. The van der Waals surface area contributed by atoms with Crippen LogP contribution in [-0.4, -0.2) is 117 Å². The quantitative estimate of drug-likeness (QED) is 0.245. The van der Waals surface area contributed by atoms with Gasteiger partial charge in [-0.25, -0.2) is 0 Å². The Morgan fingerprint density at radius 1 is 0.891 bits per heavy atom. The van der Waals surface area contributed by atoms with Crippen LogP contribution in [0.15, 0.2) is 36.0 Å². The molecular formula is C42H68O13. The molecule has 0 aromatic heterocycles. The molecule has 0 aliphatic carbocycles. The average molecular weight is 781 g/mol. The average Bonchev–Trinajstić information content (AvgIpc) is 3.14. The molecule has 0 aromatic rings. The topological polar surface area (TPSA) is 206 Å². The van der Waals surface area contributed by atoms with E-state index in [4.69, 9.17) is 18.9 Å². The molecule has 1 fully saturated rings. The lowest BCUT2D eigenvalue weighted by Crippen LogP contribution is -2.59. The number of esters is 1. The van der Waals surface area contributed by atoms with Gasteiger partial charge in [-0.1, -0.05) is 73.6 Å². The zero-order valence-corrected chi connectivity index (χ0v) is 34.5. The Bertz CT molecular complexity index is 1360. The van der Waals surface area contributed by atoms with Gasteiger partial charge in [-0.15, -0.1) is 0 Å². The van der Waals surface area contributed by atoms with Gasteiger partial charge in [0, 0.05) is 42.6 Å². The Balaban J connectivity index is 2.53. The van der Waals surface area contributed by atoms with Crippen LogP contribution in [0.3, 0.4) is 0 Å². The Hall–Kier alpha value is -2.62. The van der Waals surface area contributed by atoms with E-state index in [0.29, 0.717) is 12.8 Å². The Kier molecular flexibility index (Phi) is 19.7. The van der Waals surface area contributed by atoms with Crippen molar-refractivity contribution in [3.8, 4) is 0 Å². The molecule has 0 spiro atoms. The SMILES string of the molecule is CC[C@H](O)[C@H](C)[C@@H]1OC(=O)C[C@@H](O)[C@H](C)C(=O)/C(C)=C/[C@@H](C)C(=O)/C=C/[C@@H](C)[C@@H](O[C@@H]2O[C@@H](C)[C@H](O)[C@H](OC)[C@H]2O)[C@H](C)C[C@H](C)C(=O)/C=C/C[C@@H](O)[C@@H]1C. The van der Waals surface area contributed by atoms with Gasteiger partial charge in [0.05, 0.1) is 36.9 Å². The van der Waals surface area contributed by atoms with Crippen LogP contribution in [0.4, 0.5) is 0 Å². The molecule has 2 rings (SSSR count). The summed E-state index contributed by atoms with van der Waals surface area (Å²) in [6.45, 7) is 17.0. The fraction of sp³-hybridized carbons (Fsp3) is 0.762. The van der Waals surface area contributed by atoms with Gasteiger partial charge in [0.1, 0.15) is 24.4 Å². The number of rotatable bonds is 6. The van der Waals surface area contributed by atoms with E-state index in [2.05, 4.69) is 0 Å². The van der Waals surface area contributed by atoms with Gasteiger partial charge in [0.15, 0.2) is 23.6 Å². The van der Waals surface area contributed by atoms with Crippen LogP contribution in [0.5, 0.6) is 0 Å². The molecular weight excluding hydrogens is 712 g/mol. The van der Waals surface area contributed by atoms with E-state index in [9.17, 15) is 44.7 Å². The van der Waals surface area contributed by atoms with Crippen LogP contribution in [0.1, 0.15) is 94.9 Å². The van der Waals surface area contributed by atoms with E-state index >= 15 is 0 Å². The second-order valence-electron chi connectivity index (χ2n) is 16.0. The Morgan fingerprint density at radius 2 is 1.53 bits per heavy atom. The molecule has 2 aliphatic heterocycles. The van der Waals surface area contributed by atoms with Crippen LogP contribution in [0.25, 0.3) is 0 Å². The molecule has 2 heterocycles. The zero-order valence-electron chi connectivity index (χ0n) is 34.5. The van der Waals surface area contributed by atoms with Crippen molar-refractivity contribution in [3.05, 3.63) is 36.0 Å². The third kappa shape index (κ3) is 13.5. The van der Waals surface area contributed by atoms with E-state index < -0.39 is 115 Å². The van der Waals surface area contributed by atoms with Crippen LogP contribution in [-0.2, 0) is 38.1 Å². The lowest BCUT2D eigenvalue weighted by Gasteiger charge is -2.43. The Morgan fingerprint density at radius 3 is 2.13 bits per heavy atom. The molecule has 0 unspecified atom stereocenters. The van der Waals surface area contributed by atoms with Crippen molar-refractivity contribution in [1.29, 1.82) is 0 Å². The smallest absolute Gasteiger partial charge is 0.308 e. The van der Waals surface area contributed by atoms with Crippen molar-refractivity contribution in [2.75, 3.05) is 7.11 Å². The predicted molar refractivity (Wildman–Crippen MR) is 205 cm³/mol. The van der Waals surface area contributed by atoms with Crippen molar-refractivity contribution in [1.82, 2.24) is 0 Å². The summed E-state index contributed by atoms with van der Waals surface area (Å²) in [6.07, 6.45) is -2.41. The number of allylic oxidation sites excluding steroid dienone is 4. The van der Waals surface area contributed by atoms with E-state index in [1.807, 2.05) is 13.8 Å². The minimum absolute atomic E-state index is 0.0551. The molecule has 5 N–H and O–H groups in total. The molecule has 17 atom stereocenters. The summed E-state index contributed by atoms with van der Waals surface area (Å²) < 4.78 is 23.4. The first-order valence-electron chi connectivity index (χ1n) is 19.7. The highest BCUT2D eigenvalue weighted by Crippen LogP contribution is 2.32. The number of carbonyl (C=O) groups is 4. The fourth-order valence-corrected chi connectivity index (χ4v) is 7.46. The van der Waals surface area contributed by atoms with E-state index in [-0.39, 0.29) is 29.5 Å². The molecule has 1 saturated heterocycles. The molecule has 0 aromatic carbocycles. The highest BCUT2D eigenvalue weighted by Gasteiger charge is 2.45. The summed E-state index contributed by atoms with van der Waals surface area (Å²) in [4.78, 5) is 53.1. The van der Waals surface area contributed by atoms with E-state index in [1.54, 1.807) is 60.6 Å². The molecule has 0 radical (unpaired) electrons. The zero-order chi connectivity index (χ0) is 41.9. The maximum Gasteiger partial charge on any atom is 0.308 e. The van der Waals surface area contributed by atoms with Gasteiger partial charge in [-0.05, 0) is 56.8 Å². The molecule has 55 heavy (non-hydrogen) atoms. The number of aliphatic hydroxyl groups is 5. The highest BCUT2D eigenvalue weighted by atomic mass is 16.7. The van der Waals surface area contributed by atoms with Crippen molar-refractivity contribution in [3.63, 3.8) is 0 Å². The van der Waals surface area contributed by atoms with Gasteiger partial charge >= 0.3 is 5.97 Å². The summed E-state index contributed by atoms with van der Waals surface area (Å²) in [5.41, 5.74) is 0.236. The minimum Gasteiger partial charge on any atom is -0.462 e. The third-order valence-corrected chi connectivity index (χ3v) is 11.5. The number of carbonyl (C=O) groups excluding carboxylic acids is 4. The number of ether oxygens (including phenoxy) is 4. The van der Waals surface area contributed by atoms with Crippen molar-refractivity contribution in [2.24, 2.45) is 41.4 Å². The van der Waals surface area contributed by atoms with Gasteiger partial charge in [-0.2, -0.15) is 0 Å². The molecule has 2 aliphatic rings. The van der Waals surface area contributed by atoms with Crippen LogP contribution in [0, 0.1) is 41.4 Å². The summed E-state index contributed by atoms with van der Waals surface area (Å²) >= 11 is 0. The monoisotopic (exact) mass is 780 g/mol. The summed E-state index contributed by atoms with van der Waals surface area (Å²) in [7, 11) is 1.37. The van der Waals surface area contributed by atoms with Crippen molar-refractivity contribution in [2.45, 2.75) is 156 Å². The minimum atomic E-state index is -1.40. The van der Waals surface area contributed by atoms with Gasteiger partial charge in [0.2, 0.25) is 0 Å².